The Hall–Kier alpha value is -3.61. The van der Waals surface area contributed by atoms with Crippen LogP contribution in [0.25, 0.3) is 10.9 Å². The standard InChI is InChI=1S/C27H30N4O3/c1-4-14-29(15-5-2)24(32)18-9-8-10-19(17-18)31-25(33)27(3)23-21(13-16-30(27)26(31)34)20-11-6-7-12-22(20)28-23/h6-12,17,28H,4-5,13-16H2,1-3H3/t27-/m0/s1. The first kappa shape index (κ1) is 22.2. The fourth-order valence-electron chi connectivity index (χ4n) is 5.44. The van der Waals surface area contributed by atoms with Gasteiger partial charge in [-0.15, -0.1) is 0 Å². The number of benzene rings is 2. The molecule has 2 aliphatic rings. The van der Waals surface area contributed by atoms with E-state index in [1.165, 1.54) is 4.90 Å². The van der Waals surface area contributed by atoms with Crippen LogP contribution in [0.3, 0.4) is 0 Å². The maximum atomic E-state index is 13.9. The normalized spacial score (nSPS) is 19.5. The molecule has 2 aromatic carbocycles. The summed E-state index contributed by atoms with van der Waals surface area (Å²) in [6.45, 7) is 7.72. The fraction of sp³-hybridized carbons (Fsp3) is 0.370. The van der Waals surface area contributed by atoms with Crippen molar-refractivity contribution in [2.24, 2.45) is 0 Å². The van der Waals surface area contributed by atoms with Crippen molar-refractivity contribution in [2.75, 3.05) is 24.5 Å². The minimum atomic E-state index is -1.11. The topological polar surface area (TPSA) is 76.7 Å². The number of imide groups is 1. The van der Waals surface area contributed by atoms with Gasteiger partial charge in [0.15, 0.2) is 5.54 Å². The van der Waals surface area contributed by atoms with Gasteiger partial charge < -0.3 is 14.8 Å². The van der Waals surface area contributed by atoms with E-state index in [1.807, 2.05) is 43.9 Å². The van der Waals surface area contributed by atoms with Crippen LogP contribution in [-0.4, -0.2) is 52.3 Å². The van der Waals surface area contributed by atoms with Crippen LogP contribution < -0.4 is 4.90 Å². The van der Waals surface area contributed by atoms with Gasteiger partial charge >= 0.3 is 6.03 Å². The minimum absolute atomic E-state index is 0.0773. The molecule has 5 rings (SSSR count). The number of nitrogens with one attached hydrogen (secondary N) is 1. The molecule has 7 heteroatoms. The second kappa shape index (κ2) is 8.31. The van der Waals surface area contributed by atoms with Gasteiger partial charge in [-0.3, -0.25) is 9.59 Å². The second-order valence-corrected chi connectivity index (χ2v) is 9.26. The highest BCUT2D eigenvalue weighted by Gasteiger charge is 2.59. The molecule has 2 aliphatic heterocycles. The lowest BCUT2D eigenvalue weighted by atomic mass is 9.87. The molecule has 3 heterocycles. The molecule has 1 N–H and O–H groups in total. The highest BCUT2D eigenvalue weighted by atomic mass is 16.2. The molecular weight excluding hydrogens is 428 g/mol. The number of aromatic nitrogens is 1. The van der Waals surface area contributed by atoms with Gasteiger partial charge in [0.1, 0.15) is 0 Å². The number of urea groups is 1. The SMILES string of the molecule is CCCN(CCC)C(=O)c1cccc(N2C(=O)N3CCc4c([nH]c5ccccc45)[C@@]3(C)C2=O)c1. The molecule has 0 radical (unpaired) electrons. The second-order valence-electron chi connectivity index (χ2n) is 9.26. The van der Waals surface area contributed by atoms with Crippen molar-refractivity contribution in [1.82, 2.24) is 14.8 Å². The first-order chi connectivity index (χ1) is 16.4. The molecule has 1 fully saturated rings. The monoisotopic (exact) mass is 458 g/mol. The van der Waals surface area contributed by atoms with Gasteiger partial charge in [-0.25, -0.2) is 9.69 Å². The number of fused-ring (bicyclic) bond motifs is 5. The third kappa shape index (κ3) is 3.14. The van der Waals surface area contributed by atoms with E-state index < -0.39 is 5.54 Å². The van der Waals surface area contributed by atoms with Gasteiger partial charge in [0.2, 0.25) is 0 Å². The van der Waals surface area contributed by atoms with Crippen LogP contribution in [0.1, 0.15) is 55.2 Å². The predicted octanol–water partition coefficient (Wildman–Crippen LogP) is 4.67. The summed E-state index contributed by atoms with van der Waals surface area (Å²) in [6.07, 6.45) is 2.42. The van der Waals surface area contributed by atoms with E-state index in [-0.39, 0.29) is 17.8 Å². The van der Waals surface area contributed by atoms with Crippen LogP contribution in [0.15, 0.2) is 48.5 Å². The van der Waals surface area contributed by atoms with Gasteiger partial charge in [0.25, 0.3) is 11.8 Å². The van der Waals surface area contributed by atoms with E-state index in [4.69, 9.17) is 0 Å². The Kier molecular flexibility index (Phi) is 5.42. The number of hydrogen-bond acceptors (Lipinski definition) is 3. The lowest BCUT2D eigenvalue weighted by Crippen LogP contribution is -2.49. The van der Waals surface area contributed by atoms with E-state index in [0.717, 1.165) is 35.0 Å². The number of H-pyrrole nitrogens is 1. The van der Waals surface area contributed by atoms with Crippen molar-refractivity contribution in [3.8, 4) is 0 Å². The lowest BCUT2D eigenvalue weighted by Gasteiger charge is -2.35. The molecule has 3 aromatic rings. The van der Waals surface area contributed by atoms with Crippen LogP contribution in [0.2, 0.25) is 0 Å². The van der Waals surface area contributed by atoms with E-state index in [2.05, 4.69) is 11.1 Å². The molecule has 0 bridgehead atoms. The van der Waals surface area contributed by atoms with Crippen LogP contribution in [0.4, 0.5) is 10.5 Å². The highest BCUT2D eigenvalue weighted by Crippen LogP contribution is 2.45. The maximum Gasteiger partial charge on any atom is 0.332 e. The molecular formula is C27H30N4O3. The molecule has 0 saturated carbocycles. The van der Waals surface area contributed by atoms with Crippen molar-refractivity contribution in [3.63, 3.8) is 0 Å². The predicted molar refractivity (Wildman–Crippen MR) is 132 cm³/mol. The summed E-state index contributed by atoms with van der Waals surface area (Å²) in [6, 6.07) is 14.5. The third-order valence-electron chi connectivity index (χ3n) is 7.09. The van der Waals surface area contributed by atoms with Crippen LogP contribution in [0.5, 0.6) is 0 Å². The number of aromatic amines is 1. The summed E-state index contributed by atoms with van der Waals surface area (Å²) in [4.78, 5) is 48.7. The third-order valence-corrected chi connectivity index (χ3v) is 7.09. The number of anilines is 1. The van der Waals surface area contributed by atoms with Crippen molar-refractivity contribution < 1.29 is 14.4 Å². The van der Waals surface area contributed by atoms with E-state index in [9.17, 15) is 14.4 Å². The van der Waals surface area contributed by atoms with Gasteiger partial charge in [-0.1, -0.05) is 38.1 Å². The first-order valence-corrected chi connectivity index (χ1v) is 12.1. The number of amides is 4. The smallest absolute Gasteiger partial charge is 0.332 e. The number of nitrogens with zero attached hydrogens (tertiary/aromatic N) is 3. The van der Waals surface area contributed by atoms with Gasteiger partial charge in [0, 0.05) is 36.1 Å². The highest BCUT2D eigenvalue weighted by molar-refractivity contribution is 6.24. The Labute approximate surface area is 199 Å². The molecule has 4 amide bonds. The van der Waals surface area contributed by atoms with E-state index in [0.29, 0.717) is 37.3 Å². The van der Waals surface area contributed by atoms with Crippen molar-refractivity contribution in [3.05, 3.63) is 65.4 Å². The summed E-state index contributed by atoms with van der Waals surface area (Å²) in [7, 11) is 0. The van der Waals surface area contributed by atoms with E-state index >= 15 is 0 Å². The zero-order valence-corrected chi connectivity index (χ0v) is 19.9. The van der Waals surface area contributed by atoms with Crippen LogP contribution in [0, 0.1) is 0 Å². The number of para-hydroxylation sites is 1. The Balaban J connectivity index is 1.53. The molecule has 1 aromatic heterocycles. The van der Waals surface area contributed by atoms with Gasteiger partial charge in [-0.2, -0.15) is 0 Å². The van der Waals surface area contributed by atoms with Gasteiger partial charge in [-0.05, 0) is 56.0 Å². The Morgan fingerprint density at radius 3 is 2.53 bits per heavy atom. The molecule has 0 unspecified atom stereocenters. The largest absolute Gasteiger partial charge is 0.356 e. The minimum Gasteiger partial charge on any atom is -0.356 e. The Bertz CT molecular complexity index is 1290. The summed E-state index contributed by atoms with van der Waals surface area (Å²) in [5.74, 6) is -0.375. The average Bonchev–Trinajstić information content (AvgIpc) is 3.32. The molecule has 0 aliphatic carbocycles. The average molecular weight is 459 g/mol. The zero-order chi connectivity index (χ0) is 24.0. The number of carbonyl (C=O) groups excluding carboxylic acids is 3. The number of hydrogen-bond donors (Lipinski definition) is 1. The van der Waals surface area contributed by atoms with Gasteiger partial charge in [0.05, 0.1) is 11.4 Å². The summed E-state index contributed by atoms with van der Waals surface area (Å²) in [5, 5.41) is 1.09. The number of carbonyl (C=O) groups is 3. The maximum absolute atomic E-state index is 13.9. The summed E-state index contributed by atoms with van der Waals surface area (Å²) in [5.41, 5.74) is 2.65. The molecule has 7 nitrogen and oxygen atoms in total. The Morgan fingerprint density at radius 2 is 1.79 bits per heavy atom. The first-order valence-electron chi connectivity index (χ1n) is 12.1. The zero-order valence-electron chi connectivity index (χ0n) is 19.9. The molecule has 34 heavy (non-hydrogen) atoms. The van der Waals surface area contributed by atoms with Crippen molar-refractivity contribution in [1.29, 1.82) is 0 Å². The van der Waals surface area contributed by atoms with Crippen LogP contribution in [-0.2, 0) is 16.8 Å². The number of rotatable bonds is 6. The van der Waals surface area contributed by atoms with Crippen LogP contribution >= 0.6 is 0 Å². The molecule has 1 atom stereocenters. The van der Waals surface area contributed by atoms with Crippen molar-refractivity contribution >= 4 is 34.4 Å². The molecule has 176 valence electrons. The van der Waals surface area contributed by atoms with Crippen molar-refractivity contribution in [2.45, 2.75) is 45.6 Å². The summed E-state index contributed by atoms with van der Waals surface area (Å²) < 4.78 is 0. The molecule has 1 saturated heterocycles. The fourth-order valence-corrected chi connectivity index (χ4v) is 5.44. The molecule has 0 spiro atoms. The quantitative estimate of drug-likeness (QED) is 0.546. The lowest BCUT2D eigenvalue weighted by molar-refractivity contribution is -0.125. The Morgan fingerprint density at radius 1 is 1.06 bits per heavy atom. The van der Waals surface area contributed by atoms with E-state index in [1.54, 1.807) is 29.2 Å². The summed E-state index contributed by atoms with van der Waals surface area (Å²) >= 11 is 0.